The molecule has 1 fully saturated rings. The lowest BCUT2D eigenvalue weighted by atomic mass is 9.91. The van der Waals surface area contributed by atoms with Crippen LogP contribution in [0.4, 0.5) is 0 Å². The van der Waals surface area contributed by atoms with Crippen LogP contribution < -0.4 is 5.73 Å². The smallest absolute Gasteiger partial charge is 0.188 e. The van der Waals surface area contributed by atoms with E-state index in [1.165, 1.54) is 17.6 Å². The lowest BCUT2D eigenvalue weighted by Crippen LogP contribution is -2.40. The number of rotatable bonds is 4. The molecule has 0 spiro atoms. The minimum Gasteiger partial charge on any atom is -0.328 e. The van der Waals surface area contributed by atoms with Crippen molar-refractivity contribution >= 4 is 0 Å². The number of hydrogen-bond donors (Lipinski definition) is 1. The molecule has 0 atom stereocenters. The van der Waals surface area contributed by atoms with Crippen molar-refractivity contribution in [2.75, 3.05) is 6.54 Å². The van der Waals surface area contributed by atoms with E-state index < -0.39 is 0 Å². The van der Waals surface area contributed by atoms with Crippen molar-refractivity contribution in [1.29, 1.82) is 0 Å². The highest BCUT2D eigenvalue weighted by Crippen LogP contribution is 2.22. The Kier molecular flexibility index (Phi) is 4.06. The highest BCUT2D eigenvalue weighted by molar-refractivity contribution is 4.84. The molecule has 0 radical (unpaired) electrons. The molecule has 6 nitrogen and oxygen atoms in total. The van der Waals surface area contributed by atoms with E-state index in [0.29, 0.717) is 12.1 Å². The summed E-state index contributed by atoms with van der Waals surface area (Å²) in [7, 11) is 1.80. The predicted octanol–water partition coefficient (Wildman–Crippen LogP) is 0.302. The van der Waals surface area contributed by atoms with Crippen LogP contribution in [0, 0.1) is 0 Å². The highest BCUT2D eigenvalue weighted by atomic mass is 15.6. The van der Waals surface area contributed by atoms with Crippen LogP contribution in [-0.4, -0.2) is 43.7 Å². The Balaban J connectivity index is 1.92. The number of nitrogens with zero attached hydrogens (tertiary/aromatic N) is 5. The summed E-state index contributed by atoms with van der Waals surface area (Å²) in [5.74, 6) is 0.809. The maximum atomic E-state index is 5.94. The molecule has 0 aliphatic heterocycles. The number of hydrogen-bond acceptors (Lipinski definition) is 5. The first-order valence-electron chi connectivity index (χ1n) is 6.41. The summed E-state index contributed by atoms with van der Waals surface area (Å²) < 4.78 is 0. The van der Waals surface area contributed by atoms with Gasteiger partial charge in [-0.1, -0.05) is 6.92 Å². The third-order valence-corrected chi connectivity index (χ3v) is 3.56. The predicted molar refractivity (Wildman–Crippen MR) is 65.1 cm³/mol. The summed E-state index contributed by atoms with van der Waals surface area (Å²) in [6, 6.07) is 1.03. The Labute approximate surface area is 102 Å². The molecule has 1 aliphatic carbocycles. The minimum absolute atomic E-state index is 0.402. The van der Waals surface area contributed by atoms with E-state index >= 15 is 0 Å². The summed E-state index contributed by atoms with van der Waals surface area (Å²) in [5.41, 5.74) is 5.94. The Morgan fingerprint density at radius 2 is 2.06 bits per heavy atom. The summed E-state index contributed by atoms with van der Waals surface area (Å²) in [6.07, 6.45) is 4.65. The number of nitrogens with two attached hydrogens (primary N) is 1. The van der Waals surface area contributed by atoms with Crippen LogP contribution in [0.2, 0.25) is 0 Å². The highest BCUT2D eigenvalue weighted by Gasteiger charge is 2.24. The van der Waals surface area contributed by atoms with Gasteiger partial charge in [0, 0.05) is 12.1 Å². The lowest BCUT2D eigenvalue weighted by molar-refractivity contribution is 0.146. The van der Waals surface area contributed by atoms with E-state index in [4.69, 9.17) is 5.73 Å². The third kappa shape index (κ3) is 3.23. The first kappa shape index (κ1) is 12.4. The van der Waals surface area contributed by atoms with E-state index in [0.717, 1.165) is 31.8 Å². The molecular formula is C11H22N6. The fourth-order valence-electron chi connectivity index (χ4n) is 2.53. The van der Waals surface area contributed by atoms with Gasteiger partial charge in [-0.15, -0.1) is 10.2 Å². The van der Waals surface area contributed by atoms with Crippen LogP contribution >= 0.6 is 0 Å². The topological polar surface area (TPSA) is 72.9 Å². The molecule has 0 aromatic carbocycles. The summed E-state index contributed by atoms with van der Waals surface area (Å²) in [4.78, 5) is 3.95. The van der Waals surface area contributed by atoms with Gasteiger partial charge in [0.15, 0.2) is 5.82 Å². The SMILES string of the molecule is CCN(Cc1nnn(C)n1)C1CCC(N)CC1. The van der Waals surface area contributed by atoms with Crippen molar-refractivity contribution in [1.82, 2.24) is 25.1 Å². The van der Waals surface area contributed by atoms with Crippen LogP contribution in [0.3, 0.4) is 0 Å². The van der Waals surface area contributed by atoms with E-state index in [9.17, 15) is 0 Å². The monoisotopic (exact) mass is 238 g/mol. The molecule has 1 aliphatic rings. The molecule has 1 aromatic rings. The zero-order valence-corrected chi connectivity index (χ0v) is 10.7. The Bertz CT molecular complexity index is 341. The van der Waals surface area contributed by atoms with Gasteiger partial charge in [-0.25, -0.2) is 0 Å². The van der Waals surface area contributed by atoms with Crippen molar-refractivity contribution in [2.45, 2.75) is 51.2 Å². The first-order chi connectivity index (χ1) is 8.19. The van der Waals surface area contributed by atoms with E-state index in [1.807, 2.05) is 0 Å². The van der Waals surface area contributed by atoms with Crippen LogP contribution in [0.15, 0.2) is 0 Å². The maximum absolute atomic E-state index is 5.94. The summed E-state index contributed by atoms with van der Waals surface area (Å²) >= 11 is 0. The summed E-state index contributed by atoms with van der Waals surface area (Å²) in [5, 5.41) is 12.2. The largest absolute Gasteiger partial charge is 0.328 e. The molecule has 1 heterocycles. The molecule has 1 saturated carbocycles. The first-order valence-corrected chi connectivity index (χ1v) is 6.41. The quantitative estimate of drug-likeness (QED) is 0.817. The molecule has 17 heavy (non-hydrogen) atoms. The molecule has 96 valence electrons. The van der Waals surface area contributed by atoms with Gasteiger partial charge in [0.05, 0.1) is 13.6 Å². The second kappa shape index (κ2) is 5.55. The fraction of sp³-hybridized carbons (Fsp3) is 0.909. The van der Waals surface area contributed by atoms with E-state index in [2.05, 4.69) is 27.2 Å². The molecule has 0 amide bonds. The molecule has 0 unspecified atom stereocenters. The maximum Gasteiger partial charge on any atom is 0.188 e. The van der Waals surface area contributed by atoms with Crippen LogP contribution in [0.5, 0.6) is 0 Å². The molecule has 0 bridgehead atoms. The van der Waals surface area contributed by atoms with Gasteiger partial charge in [-0.2, -0.15) is 4.80 Å². The molecule has 6 heteroatoms. The van der Waals surface area contributed by atoms with E-state index in [-0.39, 0.29) is 0 Å². The van der Waals surface area contributed by atoms with Gasteiger partial charge in [-0.3, -0.25) is 4.90 Å². The van der Waals surface area contributed by atoms with Crippen LogP contribution in [-0.2, 0) is 13.6 Å². The number of aryl methyl sites for hydroxylation is 1. The fourth-order valence-corrected chi connectivity index (χ4v) is 2.53. The van der Waals surface area contributed by atoms with E-state index in [1.54, 1.807) is 7.05 Å². The number of tetrazole rings is 1. The van der Waals surface area contributed by atoms with Crippen molar-refractivity contribution < 1.29 is 0 Å². The average molecular weight is 238 g/mol. The zero-order chi connectivity index (χ0) is 12.3. The van der Waals surface area contributed by atoms with Gasteiger partial charge in [0.25, 0.3) is 0 Å². The van der Waals surface area contributed by atoms with Crippen molar-refractivity contribution in [3.8, 4) is 0 Å². The Morgan fingerprint density at radius 1 is 1.35 bits per heavy atom. The van der Waals surface area contributed by atoms with Gasteiger partial charge < -0.3 is 5.73 Å². The molecule has 2 N–H and O–H groups in total. The molecule has 0 saturated heterocycles. The normalized spacial score (nSPS) is 25.4. The van der Waals surface area contributed by atoms with Crippen LogP contribution in [0.25, 0.3) is 0 Å². The third-order valence-electron chi connectivity index (χ3n) is 3.56. The lowest BCUT2D eigenvalue weighted by Gasteiger charge is -2.34. The van der Waals surface area contributed by atoms with Gasteiger partial charge in [0.1, 0.15) is 0 Å². The van der Waals surface area contributed by atoms with Gasteiger partial charge in [-0.05, 0) is 37.4 Å². The second-order valence-electron chi connectivity index (χ2n) is 4.83. The molecule has 1 aromatic heterocycles. The number of aromatic nitrogens is 4. The Hall–Kier alpha value is -1.01. The Morgan fingerprint density at radius 3 is 2.59 bits per heavy atom. The van der Waals surface area contributed by atoms with Crippen molar-refractivity contribution in [3.05, 3.63) is 5.82 Å². The van der Waals surface area contributed by atoms with Crippen molar-refractivity contribution in [3.63, 3.8) is 0 Å². The molecule has 2 rings (SSSR count). The summed E-state index contributed by atoms with van der Waals surface area (Å²) in [6.45, 7) is 4.01. The van der Waals surface area contributed by atoms with Gasteiger partial charge in [0.2, 0.25) is 0 Å². The molecular weight excluding hydrogens is 216 g/mol. The van der Waals surface area contributed by atoms with Gasteiger partial charge >= 0.3 is 0 Å². The second-order valence-corrected chi connectivity index (χ2v) is 4.83. The zero-order valence-electron chi connectivity index (χ0n) is 10.7. The van der Waals surface area contributed by atoms with Crippen LogP contribution in [0.1, 0.15) is 38.4 Å². The van der Waals surface area contributed by atoms with Crippen molar-refractivity contribution in [2.24, 2.45) is 12.8 Å². The standard InChI is InChI=1S/C11H22N6/c1-3-17(8-11-13-15-16(2)14-11)10-6-4-9(12)5-7-10/h9-10H,3-8,12H2,1-2H3. The minimum atomic E-state index is 0.402. The average Bonchev–Trinajstić information content (AvgIpc) is 2.73.